The second kappa shape index (κ2) is 6.53. The molecular formula is C12H14N4OS2. The average Bonchev–Trinajstić information content (AvgIpc) is 2.85. The number of nitrogens with one attached hydrogen (secondary N) is 1. The first kappa shape index (κ1) is 13.8. The summed E-state index contributed by atoms with van der Waals surface area (Å²) in [6, 6.07) is 7.28. The Bertz CT molecular complexity index is 553. The number of primary amides is 1. The van der Waals surface area contributed by atoms with Crippen LogP contribution in [-0.2, 0) is 5.75 Å². The van der Waals surface area contributed by atoms with Gasteiger partial charge in [-0.2, -0.15) is 0 Å². The van der Waals surface area contributed by atoms with Crippen LogP contribution < -0.4 is 11.1 Å². The Morgan fingerprint density at radius 1 is 1.37 bits per heavy atom. The van der Waals surface area contributed by atoms with Crippen molar-refractivity contribution < 1.29 is 4.79 Å². The van der Waals surface area contributed by atoms with Crippen LogP contribution in [-0.4, -0.2) is 22.6 Å². The molecular weight excluding hydrogens is 280 g/mol. The quantitative estimate of drug-likeness (QED) is 0.799. The molecule has 1 heterocycles. The number of hydrogen-bond acceptors (Lipinski definition) is 6. The van der Waals surface area contributed by atoms with Crippen LogP contribution in [0.25, 0.3) is 0 Å². The standard InChI is InChI=1S/C12H14N4OS2/c1-2-14-11-15-16-12(19-11)18-7-8-3-5-9(6-4-8)10(13)17/h3-6H,2,7H2,1H3,(H2,13,17)(H,14,15). The summed E-state index contributed by atoms with van der Waals surface area (Å²) in [5.41, 5.74) is 6.84. The third-order valence-corrected chi connectivity index (χ3v) is 4.42. The number of nitrogens with zero attached hydrogens (tertiary/aromatic N) is 2. The molecule has 0 atom stereocenters. The van der Waals surface area contributed by atoms with Gasteiger partial charge in [-0.05, 0) is 24.6 Å². The van der Waals surface area contributed by atoms with Crippen molar-refractivity contribution in [2.45, 2.75) is 17.0 Å². The zero-order chi connectivity index (χ0) is 13.7. The molecule has 7 heteroatoms. The monoisotopic (exact) mass is 294 g/mol. The van der Waals surface area contributed by atoms with Gasteiger partial charge < -0.3 is 11.1 Å². The van der Waals surface area contributed by atoms with Crippen molar-refractivity contribution in [1.82, 2.24) is 10.2 Å². The van der Waals surface area contributed by atoms with Crippen LogP contribution in [0.2, 0.25) is 0 Å². The summed E-state index contributed by atoms with van der Waals surface area (Å²) >= 11 is 3.16. The van der Waals surface area contributed by atoms with Gasteiger partial charge in [0.05, 0.1) is 0 Å². The number of anilines is 1. The van der Waals surface area contributed by atoms with Gasteiger partial charge in [-0.15, -0.1) is 10.2 Å². The summed E-state index contributed by atoms with van der Waals surface area (Å²) in [5, 5.41) is 12.1. The lowest BCUT2D eigenvalue weighted by molar-refractivity contribution is 0.100. The number of carbonyl (C=O) groups excluding carboxylic acids is 1. The minimum atomic E-state index is -0.404. The maximum absolute atomic E-state index is 10.9. The molecule has 0 aliphatic heterocycles. The molecule has 0 aliphatic rings. The predicted octanol–water partition coefficient (Wildman–Crippen LogP) is 2.36. The summed E-state index contributed by atoms with van der Waals surface area (Å²) in [6.07, 6.45) is 0. The first-order valence-corrected chi connectivity index (χ1v) is 7.58. The summed E-state index contributed by atoms with van der Waals surface area (Å²) in [6.45, 7) is 2.86. The van der Waals surface area contributed by atoms with Gasteiger partial charge in [0.2, 0.25) is 11.0 Å². The van der Waals surface area contributed by atoms with E-state index in [9.17, 15) is 4.79 Å². The van der Waals surface area contributed by atoms with Crippen molar-refractivity contribution in [3.05, 3.63) is 35.4 Å². The van der Waals surface area contributed by atoms with Crippen LogP contribution >= 0.6 is 23.1 Å². The Kier molecular flexibility index (Phi) is 4.75. The lowest BCUT2D eigenvalue weighted by Crippen LogP contribution is -2.10. The van der Waals surface area contributed by atoms with E-state index in [0.717, 1.165) is 27.3 Å². The van der Waals surface area contributed by atoms with E-state index in [4.69, 9.17) is 5.73 Å². The summed E-state index contributed by atoms with van der Waals surface area (Å²) in [5.74, 6) is 0.387. The van der Waals surface area contributed by atoms with Crippen LogP contribution in [0.3, 0.4) is 0 Å². The van der Waals surface area contributed by atoms with Gasteiger partial charge in [-0.25, -0.2) is 0 Å². The highest BCUT2D eigenvalue weighted by molar-refractivity contribution is 8.00. The van der Waals surface area contributed by atoms with Gasteiger partial charge in [0.1, 0.15) is 0 Å². The van der Waals surface area contributed by atoms with Crippen LogP contribution in [0.5, 0.6) is 0 Å². The lowest BCUT2D eigenvalue weighted by atomic mass is 10.1. The molecule has 1 aromatic carbocycles. The highest BCUT2D eigenvalue weighted by Crippen LogP contribution is 2.28. The number of amides is 1. The molecule has 0 aliphatic carbocycles. The SMILES string of the molecule is CCNc1nnc(SCc2ccc(C(N)=O)cc2)s1. The van der Waals surface area contributed by atoms with Crippen LogP contribution in [0.1, 0.15) is 22.8 Å². The molecule has 0 radical (unpaired) electrons. The molecule has 2 rings (SSSR count). The Morgan fingerprint density at radius 3 is 2.74 bits per heavy atom. The van der Waals surface area contributed by atoms with Crippen molar-refractivity contribution in [1.29, 1.82) is 0 Å². The van der Waals surface area contributed by atoms with Gasteiger partial charge in [-0.3, -0.25) is 4.79 Å². The number of nitrogens with two attached hydrogens (primary N) is 1. The van der Waals surface area contributed by atoms with E-state index in [2.05, 4.69) is 15.5 Å². The molecule has 1 aromatic heterocycles. The number of aromatic nitrogens is 2. The zero-order valence-electron chi connectivity index (χ0n) is 10.4. The minimum absolute atomic E-state index is 0.404. The molecule has 3 N–H and O–H groups in total. The van der Waals surface area contributed by atoms with Crippen molar-refractivity contribution >= 4 is 34.1 Å². The number of hydrogen-bond donors (Lipinski definition) is 2. The third-order valence-electron chi connectivity index (χ3n) is 2.34. The summed E-state index contributed by atoms with van der Waals surface area (Å²) in [4.78, 5) is 10.9. The van der Waals surface area contributed by atoms with E-state index in [0.29, 0.717) is 5.56 Å². The van der Waals surface area contributed by atoms with Crippen molar-refractivity contribution in [3.63, 3.8) is 0 Å². The fourth-order valence-corrected chi connectivity index (χ4v) is 3.18. The normalized spacial score (nSPS) is 10.4. The van der Waals surface area contributed by atoms with E-state index in [1.807, 2.05) is 19.1 Å². The number of carbonyl (C=O) groups is 1. The van der Waals surface area contributed by atoms with E-state index < -0.39 is 5.91 Å². The zero-order valence-corrected chi connectivity index (χ0v) is 12.1. The van der Waals surface area contributed by atoms with E-state index in [1.54, 1.807) is 35.2 Å². The van der Waals surface area contributed by atoms with Crippen molar-refractivity contribution in [2.75, 3.05) is 11.9 Å². The van der Waals surface area contributed by atoms with Gasteiger partial charge in [0, 0.05) is 17.9 Å². The van der Waals surface area contributed by atoms with Gasteiger partial charge in [-0.1, -0.05) is 35.2 Å². The summed E-state index contributed by atoms with van der Waals surface area (Å²) in [7, 11) is 0. The van der Waals surface area contributed by atoms with Crippen molar-refractivity contribution in [2.24, 2.45) is 5.73 Å². The van der Waals surface area contributed by atoms with Crippen LogP contribution in [0.15, 0.2) is 28.6 Å². The predicted molar refractivity (Wildman–Crippen MR) is 78.6 cm³/mol. The number of thioether (sulfide) groups is 1. The Hall–Kier alpha value is -1.60. The topological polar surface area (TPSA) is 80.9 Å². The molecule has 0 saturated carbocycles. The molecule has 5 nitrogen and oxygen atoms in total. The number of benzene rings is 1. The smallest absolute Gasteiger partial charge is 0.248 e. The highest BCUT2D eigenvalue weighted by atomic mass is 32.2. The van der Waals surface area contributed by atoms with Gasteiger partial charge in [0.15, 0.2) is 4.34 Å². The lowest BCUT2D eigenvalue weighted by Gasteiger charge is -2.00. The molecule has 0 fully saturated rings. The van der Waals surface area contributed by atoms with Crippen LogP contribution in [0, 0.1) is 0 Å². The Morgan fingerprint density at radius 2 is 2.11 bits per heavy atom. The second-order valence-electron chi connectivity index (χ2n) is 3.75. The summed E-state index contributed by atoms with van der Waals surface area (Å²) < 4.78 is 0.926. The molecule has 2 aromatic rings. The molecule has 19 heavy (non-hydrogen) atoms. The first-order chi connectivity index (χ1) is 9.19. The fraction of sp³-hybridized carbons (Fsp3) is 0.250. The number of rotatable bonds is 6. The van der Waals surface area contributed by atoms with Crippen molar-refractivity contribution in [3.8, 4) is 0 Å². The van der Waals surface area contributed by atoms with Gasteiger partial charge in [0.25, 0.3) is 0 Å². The first-order valence-electron chi connectivity index (χ1n) is 5.78. The highest BCUT2D eigenvalue weighted by Gasteiger charge is 2.05. The average molecular weight is 294 g/mol. The molecule has 1 amide bonds. The largest absolute Gasteiger partial charge is 0.366 e. The molecule has 0 spiro atoms. The minimum Gasteiger partial charge on any atom is -0.366 e. The maximum atomic E-state index is 10.9. The van der Waals surface area contributed by atoms with Crippen LogP contribution in [0.4, 0.5) is 5.13 Å². The van der Waals surface area contributed by atoms with E-state index in [-0.39, 0.29) is 0 Å². The van der Waals surface area contributed by atoms with E-state index in [1.165, 1.54) is 0 Å². The molecule has 0 saturated heterocycles. The fourth-order valence-electron chi connectivity index (χ4n) is 1.40. The van der Waals surface area contributed by atoms with Gasteiger partial charge >= 0.3 is 0 Å². The Labute approximate surface area is 119 Å². The molecule has 0 bridgehead atoms. The molecule has 100 valence electrons. The second-order valence-corrected chi connectivity index (χ2v) is 5.95. The van der Waals surface area contributed by atoms with E-state index >= 15 is 0 Å². The Balaban J connectivity index is 1.92. The third kappa shape index (κ3) is 3.93. The molecule has 0 unspecified atom stereocenters. The maximum Gasteiger partial charge on any atom is 0.248 e.